The molecule has 0 amide bonds. The number of aliphatic hydroxyl groups is 1. The summed E-state index contributed by atoms with van der Waals surface area (Å²) in [5.41, 5.74) is -0.494. The van der Waals surface area contributed by atoms with Crippen LogP contribution < -0.4 is 0 Å². The summed E-state index contributed by atoms with van der Waals surface area (Å²) in [5, 5.41) is 11.0. The maximum atomic E-state index is 12.0. The van der Waals surface area contributed by atoms with E-state index >= 15 is 0 Å². The summed E-state index contributed by atoms with van der Waals surface area (Å²) < 4.78 is 5.12. The van der Waals surface area contributed by atoms with Gasteiger partial charge < -0.3 is 9.84 Å². The Morgan fingerprint density at radius 1 is 1.17 bits per heavy atom. The Morgan fingerprint density at radius 2 is 1.94 bits per heavy atom. The normalized spacial score (nSPS) is 35.1. The van der Waals surface area contributed by atoms with Crippen LogP contribution in [-0.4, -0.2) is 23.3 Å². The van der Waals surface area contributed by atoms with Crippen molar-refractivity contribution in [2.45, 2.75) is 37.7 Å². The van der Waals surface area contributed by atoms with Gasteiger partial charge in [0.1, 0.15) is 5.41 Å². The van der Waals surface area contributed by atoms with E-state index in [2.05, 4.69) is 0 Å². The number of hydrogen-bond donors (Lipinski definition) is 1. The highest BCUT2D eigenvalue weighted by Gasteiger charge is 2.61. The lowest BCUT2D eigenvalue weighted by Gasteiger charge is -2.36. The van der Waals surface area contributed by atoms with Crippen molar-refractivity contribution in [2.75, 3.05) is 6.61 Å². The quantitative estimate of drug-likeness (QED) is 0.813. The van der Waals surface area contributed by atoms with Crippen LogP contribution in [0, 0.1) is 5.41 Å². The summed E-state index contributed by atoms with van der Waals surface area (Å²) in [6.45, 7) is 0.454. The van der Waals surface area contributed by atoms with E-state index in [0.717, 1.165) is 18.4 Å². The molecule has 1 N–H and O–H groups in total. The zero-order valence-corrected chi connectivity index (χ0v) is 10.4. The molecular weight excluding hydrogens is 228 g/mol. The topological polar surface area (TPSA) is 46.5 Å². The lowest BCUT2D eigenvalue weighted by molar-refractivity contribution is -0.157. The van der Waals surface area contributed by atoms with E-state index in [1.54, 1.807) is 0 Å². The summed E-state index contributed by atoms with van der Waals surface area (Å²) in [6.07, 6.45) is 3.56. The summed E-state index contributed by atoms with van der Waals surface area (Å²) >= 11 is 0. The molecule has 1 saturated heterocycles. The molecule has 18 heavy (non-hydrogen) atoms. The van der Waals surface area contributed by atoms with Crippen molar-refractivity contribution < 1.29 is 14.6 Å². The molecule has 2 atom stereocenters. The standard InChI is InChI=1S/C15H18O3/c16-13-14(9-10-18-13)7-4-8-15(14,17)11-12-5-2-1-3-6-12/h1-3,5-6,17H,4,7-11H2/t14-,15-/m0/s1. The van der Waals surface area contributed by atoms with Gasteiger partial charge in [-0.05, 0) is 24.8 Å². The lowest BCUT2D eigenvalue weighted by atomic mass is 9.70. The van der Waals surface area contributed by atoms with E-state index in [1.165, 1.54) is 0 Å². The second kappa shape index (κ2) is 4.09. The molecule has 3 heteroatoms. The first-order chi connectivity index (χ1) is 8.66. The molecule has 1 aromatic carbocycles. The summed E-state index contributed by atoms with van der Waals surface area (Å²) in [7, 11) is 0. The number of carbonyl (C=O) groups excluding carboxylic acids is 1. The van der Waals surface area contributed by atoms with Crippen LogP contribution in [0.1, 0.15) is 31.2 Å². The highest BCUT2D eigenvalue weighted by molar-refractivity contribution is 5.80. The highest BCUT2D eigenvalue weighted by atomic mass is 16.5. The Morgan fingerprint density at radius 3 is 2.61 bits per heavy atom. The highest BCUT2D eigenvalue weighted by Crippen LogP contribution is 2.53. The first kappa shape index (κ1) is 11.7. The van der Waals surface area contributed by atoms with Crippen LogP contribution in [0.3, 0.4) is 0 Å². The lowest BCUT2D eigenvalue weighted by Crippen LogP contribution is -2.48. The molecule has 96 valence electrons. The smallest absolute Gasteiger partial charge is 0.315 e. The van der Waals surface area contributed by atoms with Crippen molar-refractivity contribution in [3.8, 4) is 0 Å². The van der Waals surface area contributed by atoms with Gasteiger partial charge in [-0.1, -0.05) is 30.3 Å². The molecule has 3 rings (SSSR count). The fraction of sp³-hybridized carbons (Fsp3) is 0.533. The molecule has 1 aromatic rings. The number of hydrogen-bond acceptors (Lipinski definition) is 3. The SMILES string of the molecule is O=C1OCC[C@@]12CCC[C@]2(O)Cc1ccccc1. The van der Waals surface area contributed by atoms with E-state index < -0.39 is 11.0 Å². The van der Waals surface area contributed by atoms with Crippen molar-refractivity contribution >= 4 is 5.97 Å². The molecule has 0 aromatic heterocycles. The zero-order valence-electron chi connectivity index (χ0n) is 10.4. The molecule has 1 aliphatic carbocycles. The number of esters is 1. The Hall–Kier alpha value is -1.35. The van der Waals surface area contributed by atoms with E-state index in [-0.39, 0.29) is 5.97 Å². The summed E-state index contributed by atoms with van der Waals surface area (Å²) in [4.78, 5) is 12.0. The zero-order chi connectivity index (χ0) is 12.6. The molecule has 1 spiro atoms. The first-order valence-electron chi connectivity index (χ1n) is 6.60. The third kappa shape index (κ3) is 1.57. The average Bonchev–Trinajstić information content (AvgIpc) is 2.88. The molecule has 1 heterocycles. The first-order valence-corrected chi connectivity index (χ1v) is 6.60. The molecule has 2 fully saturated rings. The van der Waals surface area contributed by atoms with Crippen LogP contribution in [0.15, 0.2) is 30.3 Å². The fourth-order valence-corrected chi connectivity index (χ4v) is 3.55. The molecule has 0 unspecified atom stereocenters. The third-order valence-corrected chi connectivity index (χ3v) is 4.58. The molecule has 0 radical (unpaired) electrons. The molecule has 2 aliphatic rings. The van der Waals surface area contributed by atoms with Crippen LogP contribution in [0.5, 0.6) is 0 Å². The van der Waals surface area contributed by atoms with E-state index in [1.807, 2.05) is 30.3 Å². The summed E-state index contributed by atoms with van der Waals surface area (Å²) in [6, 6.07) is 9.90. The maximum absolute atomic E-state index is 12.0. The van der Waals surface area contributed by atoms with Crippen molar-refractivity contribution in [3.05, 3.63) is 35.9 Å². The van der Waals surface area contributed by atoms with Crippen molar-refractivity contribution in [1.29, 1.82) is 0 Å². The second-order valence-corrected chi connectivity index (χ2v) is 5.52. The van der Waals surface area contributed by atoms with Crippen LogP contribution in [0.25, 0.3) is 0 Å². The minimum absolute atomic E-state index is 0.196. The Labute approximate surface area is 107 Å². The Balaban J connectivity index is 1.91. The predicted octanol–water partition coefficient (Wildman–Crippen LogP) is 2.08. The maximum Gasteiger partial charge on any atom is 0.315 e. The number of rotatable bonds is 2. The van der Waals surface area contributed by atoms with Gasteiger partial charge in [-0.25, -0.2) is 0 Å². The van der Waals surface area contributed by atoms with Gasteiger partial charge in [0.05, 0.1) is 12.2 Å². The molecular formula is C15H18O3. The summed E-state index contributed by atoms with van der Waals surface area (Å²) in [5.74, 6) is -0.196. The van der Waals surface area contributed by atoms with Crippen LogP contribution in [0.2, 0.25) is 0 Å². The van der Waals surface area contributed by atoms with Gasteiger partial charge in [0.2, 0.25) is 0 Å². The van der Waals surface area contributed by atoms with E-state index in [0.29, 0.717) is 25.9 Å². The van der Waals surface area contributed by atoms with Crippen LogP contribution in [0.4, 0.5) is 0 Å². The Bertz CT molecular complexity index is 452. The van der Waals surface area contributed by atoms with Crippen LogP contribution in [-0.2, 0) is 16.0 Å². The molecule has 0 bridgehead atoms. The minimum Gasteiger partial charge on any atom is -0.465 e. The van der Waals surface area contributed by atoms with Gasteiger partial charge in [-0.2, -0.15) is 0 Å². The van der Waals surface area contributed by atoms with E-state index in [9.17, 15) is 9.90 Å². The number of benzene rings is 1. The number of cyclic esters (lactones) is 1. The van der Waals surface area contributed by atoms with E-state index in [4.69, 9.17) is 4.74 Å². The van der Waals surface area contributed by atoms with Gasteiger partial charge in [0.25, 0.3) is 0 Å². The average molecular weight is 246 g/mol. The fourth-order valence-electron chi connectivity index (χ4n) is 3.55. The predicted molar refractivity (Wildman–Crippen MR) is 67.0 cm³/mol. The second-order valence-electron chi connectivity index (χ2n) is 5.52. The third-order valence-electron chi connectivity index (χ3n) is 4.58. The molecule has 3 nitrogen and oxygen atoms in total. The molecule has 1 aliphatic heterocycles. The van der Waals surface area contributed by atoms with Gasteiger partial charge in [0, 0.05) is 12.8 Å². The van der Waals surface area contributed by atoms with Gasteiger partial charge in [-0.15, -0.1) is 0 Å². The van der Waals surface area contributed by atoms with Gasteiger partial charge >= 0.3 is 5.97 Å². The monoisotopic (exact) mass is 246 g/mol. The van der Waals surface area contributed by atoms with Crippen molar-refractivity contribution in [1.82, 2.24) is 0 Å². The molecule has 1 saturated carbocycles. The van der Waals surface area contributed by atoms with Crippen molar-refractivity contribution in [3.63, 3.8) is 0 Å². The number of ether oxygens (including phenoxy) is 1. The number of carbonyl (C=O) groups is 1. The van der Waals surface area contributed by atoms with Gasteiger partial charge in [0.15, 0.2) is 0 Å². The largest absolute Gasteiger partial charge is 0.465 e. The Kier molecular flexibility index (Phi) is 2.67. The van der Waals surface area contributed by atoms with Gasteiger partial charge in [-0.3, -0.25) is 4.79 Å². The minimum atomic E-state index is -0.929. The van der Waals surface area contributed by atoms with Crippen LogP contribution >= 0.6 is 0 Å². The van der Waals surface area contributed by atoms with Crippen molar-refractivity contribution in [2.24, 2.45) is 5.41 Å².